The summed E-state index contributed by atoms with van der Waals surface area (Å²) in [5.74, 6) is -0.993. The number of carbonyl (C=O) groups is 1. The van der Waals surface area contributed by atoms with Gasteiger partial charge in [0.25, 0.3) is 0 Å². The fourth-order valence-electron chi connectivity index (χ4n) is 1.98. The van der Waals surface area contributed by atoms with Crippen LogP contribution in [0.2, 0.25) is 0 Å². The van der Waals surface area contributed by atoms with Gasteiger partial charge in [-0.05, 0) is 19.9 Å². The summed E-state index contributed by atoms with van der Waals surface area (Å²) in [5.41, 5.74) is 0. The summed E-state index contributed by atoms with van der Waals surface area (Å²) in [6.07, 6.45) is 1.08. The van der Waals surface area contributed by atoms with Crippen molar-refractivity contribution >= 4 is 5.97 Å². The van der Waals surface area contributed by atoms with Crippen LogP contribution in [-0.2, 0) is 4.79 Å². The Morgan fingerprint density at radius 3 is 2.47 bits per heavy atom. The first kappa shape index (κ1) is 12.5. The van der Waals surface area contributed by atoms with Crippen LogP contribution in [0.4, 0.5) is 0 Å². The molecular weight excluding hydrogens is 192 g/mol. The zero-order valence-corrected chi connectivity index (χ0v) is 9.86. The van der Waals surface area contributed by atoms with E-state index in [0.29, 0.717) is 6.04 Å². The third-order valence-corrected chi connectivity index (χ3v) is 3.35. The van der Waals surface area contributed by atoms with Crippen molar-refractivity contribution in [2.24, 2.45) is 5.92 Å². The molecule has 0 amide bonds. The van der Waals surface area contributed by atoms with E-state index in [1.165, 1.54) is 0 Å². The monoisotopic (exact) mass is 214 g/mol. The lowest BCUT2D eigenvalue weighted by molar-refractivity contribution is -0.143. The van der Waals surface area contributed by atoms with Gasteiger partial charge in [0, 0.05) is 25.2 Å². The number of nitrogens with zero attached hydrogens (tertiary/aromatic N) is 1. The molecule has 1 rings (SSSR count). The average Bonchev–Trinajstić information content (AvgIpc) is 2.12. The minimum atomic E-state index is -0.698. The Kier molecular flexibility index (Phi) is 4.54. The van der Waals surface area contributed by atoms with Crippen LogP contribution in [0.5, 0.6) is 0 Å². The van der Waals surface area contributed by atoms with Crippen molar-refractivity contribution in [2.45, 2.75) is 39.3 Å². The Hall–Kier alpha value is -0.610. The molecule has 1 fully saturated rings. The molecule has 0 aliphatic carbocycles. The second kappa shape index (κ2) is 5.47. The van der Waals surface area contributed by atoms with E-state index < -0.39 is 5.97 Å². The molecule has 1 aliphatic rings. The fraction of sp³-hybridized carbons (Fsp3) is 0.909. The third-order valence-electron chi connectivity index (χ3n) is 3.35. The Balaban J connectivity index is 2.57. The van der Waals surface area contributed by atoms with Crippen LogP contribution in [-0.4, -0.2) is 47.7 Å². The summed E-state index contributed by atoms with van der Waals surface area (Å²) in [6.45, 7) is 8.93. The number of hydrogen-bond donors (Lipinski definition) is 2. The van der Waals surface area contributed by atoms with Crippen molar-refractivity contribution in [1.82, 2.24) is 10.2 Å². The minimum absolute atomic E-state index is 0.120. The highest BCUT2D eigenvalue weighted by Crippen LogP contribution is 2.17. The van der Waals surface area contributed by atoms with Crippen LogP contribution in [0.3, 0.4) is 0 Å². The Morgan fingerprint density at radius 2 is 2.13 bits per heavy atom. The molecule has 2 unspecified atom stereocenters. The molecule has 4 heteroatoms. The smallest absolute Gasteiger partial charge is 0.307 e. The molecule has 1 aliphatic heterocycles. The molecule has 2 N–H and O–H groups in total. The van der Waals surface area contributed by atoms with Crippen molar-refractivity contribution in [1.29, 1.82) is 0 Å². The molecule has 0 aromatic heterocycles. The highest BCUT2D eigenvalue weighted by atomic mass is 16.4. The highest BCUT2D eigenvalue weighted by molar-refractivity contribution is 5.70. The number of carboxylic acids is 1. The first-order chi connectivity index (χ1) is 7.07. The van der Waals surface area contributed by atoms with E-state index in [0.717, 1.165) is 26.1 Å². The van der Waals surface area contributed by atoms with Gasteiger partial charge in [-0.1, -0.05) is 13.8 Å². The molecule has 15 heavy (non-hydrogen) atoms. The second-order valence-corrected chi connectivity index (χ2v) is 4.42. The molecule has 0 bridgehead atoms. The highest BCUT2D eigenvalue weighted by Gasteiger charge is 2.32. The van der Waals surface area contributed by atoms with Crippen LogP contribution in [0.25, 0.3) is 0 Å². The summed E-state index contributed by atoms with van der Waals surface area (Å²) in [7, 11) is 0. The number of hydrogen-bond acceptors (Lipinski definition) is 3. The zero-order valence-electron chi connectivity index (χ0n) is 9.86. The van der Waals surface area contributed by atoms with E-state index in [4.69, 9.17) is 5.11 Å². The first-order valence-electron chi connectivity index (χ1n) is 5.77. The van der Waals surface area contributed by atoms with E-state index in [-0.39, 0.29) is 12.0 Å². The molecule has 1 heterocycles. The molecule has 0 radical (unpaired) electrons. The van der Waals surface area contributed by atoms with Crippen molar-refractivity contribution < 1.29 is 9.90 Å². The lowest BCUT2D eigenvalue weighted by Crippen LogP contribution is -2.61. The SMILES string of the molecule is CCCN(C1CNC1)C(C)C(C)C(=O)O. The predicted octanol–water partition coefficient (Wildman–Crippen LogP) is 0.779. The molecule has 0 saturated carbocycles. The maximum atomic E-state index is 10.9. The van der Waals surface area contributed by atoms with E-state index >= 15 is 0 Å². The number of carboxylic acid groups (broad SMARTS) is 1. The van der Waals surface area contributed by atoms with Gasteiger partial charge in [-0.2, -0.15) is 0 Å². The molecule has 4 nitrogen and oxygen atoms in total. The summed E-state index contributed by atoms with van der Waals surface area (Å²) in [5, 5.41) is 12.2. The second-order valence-electron chi connectivity index (χ2n) is 4.42. The standard InChI is InChI=1S/C11H22N2O2/c1-4-5-13(10-6-12-7-10)9(3)8(2)11(14)15/h8-10,12H,4-7H2,1-3H3,(H,14,15). The topological polar surface area (TPSA) is 52.6 Å². The zero-order chi connectivity index (χ0) is 11.4. The largest absolute Gasteiger partial charge is 0.481 e. The molecule has 1 saturated heterocycles. The summed E-state index contributed by atoms with van der Waals surface area (Å²) >= 11 is 0. The van der Waals surface area contributed by atoms with Crippen LogP contribution in [0, 0.1) is 5.92 Å². The van der Waals surface area contributed by atoms with Gasteiger partial charge in [-0.15, -0.1) is 0 Å². The summed E-state index contributed by atoms with van der Waals surface area (Å²) < 4.78 is 0. The molecular formula is C11H22N2O2. The van der Waals surface area contributed by atoms with Gasteiger partial charge in [0.05, 0.1) is 5.92 Å². The Labute approximate surface area is 91.6 Å². The normalized spacial score (nSPS) is 21.1. The van der Waals surface area contributed by atoms with Gasteiger partial charge in [0.1, 0.15) is 0 Å². The lowest BCUT2D eigenvalue weighted by atomic mass is 9.98. The van der Waals surface area contributed by atoms with Gasteiger partial charge < -0.3 is 10.4 Å². The van der Waals surface area contributed by atoms with E-state index in [1.807, 2.05) is 6.92 Å². The van der Waals surface area contributed by atoms with Crippen LogP contribution < -0.4 is 5.32 Å². The van der Waals surface area contributed by atoms with E-state index in [9.17, 15) is 4.79 Å². The van der Waals surface area contributed by atoms with Crippen molar-refractivity contribution in [3.63, 3.8) is 0 Å². The number of aliphatic carboxylic acids is 1. The molecule has 2 atom stereocenters. The first-order valence-corrected chi connectivity index (χ1v) is 5.77. The Morgan fingerprint density at radius 1 is 1.53 bits per heavy atom. The average molecular weight is 214 g/mol. The lowest BCUT2D eigenvalue weighted by Gasteiger charge is -2.43. The molecule has 0 aromatic carbocycles. The molecule has 0 aromatic rings. The summed E-state index contributed by atoms with van der Waals surface area (Å²) in [6, 6.07) is 0.649. The van der Waals surface area contributed by atoms with Crippen LogP contribution in [0.15, 0.2) is 0 Å². The molecule has 0 spiro atoms. The van der Waals surface area contributed by atoms with Crippen LogP contribution >= 0.6 is 0 Å². The van der Waals surface area contributed by atoms with Crippen molar-refractivity contribution in [2.75, 3.05) is 19.6 Å². The fourth-order valence-corrected chi connectivity index (χ4v) is 1.98. The van der Waals surface area contributed by atoms with Gasteiger partial charge in [0.2, 0.25) is 0 Å². The third kappa shape index (κ3) is 2.92. The van der Waals surface area contributed by atoms with E-state index in [2.05, 4.69) is 17.1 Å². The van der Waals surface area contributed by atoms with Gasteiger partial charge in [0.15, 0.2) is 0 Å². The van der Waals surface area contributed by atoms with Crippen molar-refractivity contribution in [3.05, 3.63) is 0 Å². The quantitative estimate of drug-likeness (QED) is 0.686. The number of nitrogens with one attached hydrogen (secondary N) is 1. The predicted molar refractivity (Wildman–Crippen MR) is 59.9 cm³/mol. The maximum absolute atomic E-state index is 10.9. The summed E-state index contributed by atoms with van der Waals surface area (Å²) in [4.78, 5) is 13.3. The van der Waals surface area contributed by atoms with E-state index in [1.54, 1.807) is 6.92 Å². The van der Waals surface area contributed by atoms with Crippen molar-refractivity contribution in [3.8, 4) is 0 Å². The van der Waals surface area contributed by atoms with Crippen LogP contribution in [0.1, 0.15) is 27.2 Å². The van der Waals surface area contributed by atoms with Gasteiger partial charge >= 0.3 is 5.97 Å². The van der Waals surface area contributed by atoms with Gasteiger partial charge in [-0.25, -0.2) is 0 Å². The maximum Gasteiger partial charge on any atom is 0.307 e. The van der Waals surface area contributed by atoms with Gasteiger partial charge in [-0.3, -0.25) is 9.69 Å². The number of rotatable bonds is 6. The molecule has 88 valence electrons. The minimum Gasteiger partial charge on any atom is -0.481 e. The Bertz CT molecular complexity index is 217.